The van der Waals surface area contributed by atoms with Gasteiger partial charge in [-0.2, -0.15) is 0 Å². The highest BCUT2D eigenvalue weighted by Gasteiger charge is 2.45. The zero-order chi connectivity index (χ0) is 21.5. The maximum absolute atomic E-state index is 13.2. The average molecular weight is 425 g/mol. The molecule has 1 aliphatic carbocycles. The Morgan fingerprint density at radius 1 is 1.03 bits per heavy atom. The zero-order valence-electron chi connectivity index (χ0n) is 17.5. The highest BCUT2D eigenvalue weighted by Crippen LogP contribution is 2.35. The van der Waals surface area contributed by atoms with Gasteiger partial charge in [-0.25, -0.2) is 0 Å². The smallest absolute Gasteiger partial charge is 0.262 e. The van der Waals surface area contributed by atoms with Crippen molar-refractivity contribution < 1.29 is 19.2 Å². The predicted molar refractivity (Wildman–Crippen MR) is 112 cm³/mol. The Labute approximate surface area is 181 Å². The van der Waals surface area contributed by atoms with Crippen LogP contribution in [-0.4, -0.2) is 53.7 Å². The lowest BCUT2D eigenvalue weighted by molar-refractivity contribution is -0.136. The molecule has 4 unspecified atom stereocenters. The Morgan fingerprint density at radius 2 is 1.90 bits per heavy atom. The second kappa shape index (κ2) is 8.16. The van der Waals surface area contributed by atoms with Crippen LogP contribution in [0.4, 0.5) is 0 Å². The molecule has 4 amide bonds. The van der Waals surface area contributed by atoms with E-state index in [1.807, 2.05) is 6.07 Å². The van der Waals surface area contributed by atoms with E-state index < -0.39 is 23.8 Å². The van der Waals surface area contributed by atoms with Crippen molar-refractivity contribution in [1.82, 2.24) is 20.9 Å². The Kier molecular flexibility index (Phi) is 5.35. The van der Waals surface area contributed by atoms with Gasteiger partial charge in [-0.3, -0.25) is 29.4 Å². The average Bonchev–Trinajstić information content (AvgIpc) is 3.03. The number of imide groups is 2. The lowest BCUT2D eigenvalue weighted by Gasteiger charge is -2.42. The molecule has 4 atom stereocenters. The van der Waals surface area contributed by atoms with E-state index >= 15 is 0 Å². The summed E-state index contributed by atoms with van der Waals surface area (Å²) >= 11 is 0. The summed E-state index contributed by atoms with van der Waals surface area (Å²) < 4.78 is 0. The standard InChI is InChI=1S/C23H28N4O4/c28-19-8-7-18(21(29)26-19)27-22(30)15-5-1-4-14(20(15)23(27)31)11-25-17-6-2-3-13-9-10-24-12-16(13)17/h1,4-5,13,16-18,24-25H,2-3,6-12H2,(H,26,28,29). The summed E-state index contributed by atoms with van der Waals surface area (Å²) in [6.07, 6.45) is 5.13. The number of carbonyl (C=O) groups is 4. The number of amides is 4. The first-order chi connectivity index (χ1) is 15.0. The number of piperidine rings is 2. The minimum absolute atomic E-state index is 0.122. The topological polar surface area (TPSA) is 108 Å². The van der Waals surface area contributed by atoms with Crippen molar-refractivity contribution in [3.05, 3.63) is 34.9 Å². The molecular formula is C23H28N4O4. The quantitative estimate of drug-likeness (QED) is 0.622. The van der Waals surface area contributed by atoms with Crippen LogP contribution in [0, 0.1) is 11.8 Å². The minimum atomic E-state index is -0.932. The second-order valence-corrected chi connectivity index (χ2v) is 9.12. The van der Waals surface area contributed by atoms with Crippen LogP contribution in [0.2, 0.25) is 0 Å². The van der Waals surface area contributed by atoms with Crippen LogP contribution in [0.5, 0.6) is 0 Å². The fourth-order valence-corrected chi connectivity index (χ4v) is 5.81. The number of carbonyl (C=O) groups excluding carboxylic acids is 4. The van der Waals surface area contributed by atoms with Crippen molar-refractivity contribution in [2.24, 2.45) is 11.8 Å². The molecule has 0 bridgehead atoms. The van der Waals surface area contributed by atoms with Gasteiger partial charge in [-0.05, 0) is 62.2 Å². The van der Waals surface area contributed by atoms with Crippen LogP contribution in [0.25, 0.3) is 0 Å². The van der Waals surface area contributed by atoms with Gasteiger partial charge >= 0.3 is 0 Å². The summed E-state index contributed by atoms with van der Waals surface area (Å²) in [6.45, 7) is 2.63. The summed E-state index contributed by atoms with van der Waals surface area (Å²) in [5.74, 6) is -0.496. The first-order valence-electron chi connectivity index (χ1n) is 11.3. The van der Waals surface area contributed by atoms with Crippen LogP contribution in [0.15, 0.2) is 18.2 Å². The van der Waals surface area contributed by atoms with Gasteiger partial charge < -0.3 is 10.6 Å². The molecule has 1 aromatic carbocycles. The largest absolute Gasteiger partial charge is 0.316 e. The first-order valence-corrected chi connectivity index (χ1v) is 11.3. The van der Waals surface area contributed by atoms with Crippen LogP contribution >= 0.6 is 0 Å². The molecule has 0 radical (unpaired) electrons. The number of nitrogens with zero attached hydrogens (tertiary/aromatic N) is 1. The third-order valence-electron chi connectivity index (χ3n) is 7.39. The van der Waals surface area contributed by atoms with E-state index in [2.05, 4.69) is 16.0 Å². The van der Waals surface area contributed by atoms with Crippen LogP contribution in [-0.2, 0) is 16.1 Å². The fourth-order valence-electron chi connectivity index (χ4n) is 5.81. The third-order valence-corrected chi connectivity index (χ3v) is 7.39. The Bertz CT molecular complexity index is 944. The van der Waals surface area contributed by atoms with E-state index in [0.717, 1.165) is 35.9 Å². The first kappa shape index (κ1) is 20.3. The summed E-state index contributed by atoms with van der Waals surface area (Å²) in [6, 6.07) is 4.77. The molecule has 31 heavy (non-hydrogen) atoms. The van der Waals surface area contributed by atoms with Gasteiger partial charge in [0.1, 0.15) is 6.04 Å². The molecule has 8 nitrogen and oxygen atoms in total. The molecule has 1 aromatic rings. The van der Waals surface area contributed by atoms with Gasteiger partial charge in [-0.15, -0.1) is 0 Å². The molecule has 0 aromatic heterocycles. The predicted octanol–water partition coefficient (Wildman–Crippen LogP) is 0.956. The van der Waals surface area contributed by atoms with Crippen molar-refractivity contribution in [2.45, 2.75) is 57.2 Å². The van der Waals surface area contributed by atoms with Crippen molar-refractivity contribution in [3.8, 4) is 0 Å². The SMILES string of the molecule is O=C1CCC(N2C(=O)c3cccc(CNC4CCCC5CCNCC54)c3C2=O)C(=O)N1. The molecule has 4 aliphatic rings. The lowest BCUT2D eigenvalue weighted by Crippen LogP contribution is -2.54. The normalized spacial score (nSPS) is 30.8. The molecule has 3 heterocycles. The summed E-state index contributed by atoms with van der Waals surface area (Å²) in [4.78, 5) is 51.0. The summed E-state index contributed by atoms with van der Waals surface area (Å²) in [5.41, 5.74) is 1.52. The number of nitrogens with one attached hydrogen (secondary N) is 3. The number of fused-ring (bicyclic) bond motifs is 2. The van der Waals surface area contributed by atoms with E-state index in [1.165, 1.54) is 19.3 Å². The van der Waals surface area contributed by atoms with Crippen LogP contribution in [0.3, 0.4) is 0 Å². The molecule has 3 fully saturated rings. The highest BCUT2D eigenvalue weighted by molar-refractivity contribution is 6.24. The maximum atomic E-state index is 13.2. The molecule has 1 saturated carbocycles. The van der Waals surface area contributed by atoms with Crippen LogP contribution < -0.4 is 16.0 Å². The number of hydrogen-bond donors (Lipinski definition) is 3. The van der Waals surface area contributed by atoms with Crippen molar-refractivity contribution in [3.63, 3.8) is 0 Å². The maximum Gasteiger partial charge on any atom is 0.262 e. The monoisotopic (exact) mass is 424 g/mol. The highest BCUT2D eigenvalue weighted by atomic mass is 16.2. The van der Waals surface area contributed by atoms with Gasteiger partial charge in [0, 0.05) is 19.0 Å². The second-order valence-electron chi connectivity index (χ2n) is 9.12. The van der Waals surface area contributed by atoms with E-state index in [4.69, 9.17) is 0 Å². The number of hydrogen-bond acceptors (Lipinski definition) is 6. The molecule has 8 heteroatoms. The molecule has 164 valence electrons. The van der Waals surface area contributed by atoms with Gasteiger partial charge in [0.15, 0.2) is 0 Å². The van der Waals surface area contributed by atoms with E-state index in [9.17, 15) is 19.2 Å². The molecule has 3 N–H and O–H groups in total. The molecule has 5 rings (SSSR count). The van der Waals surface area contributed by atoms with E-state index in [0.29, 0.717) is 29.6 Å². The summed E-state index contributed by atoms with van der Waals surface area (Å²) in [7, 11) is 0. The number of rotatable bonds is 4. The van der Waals surface area contributed by atoms with Crippen LogP contribution in [0.1, 0.15) is 64.8 Å². The summed E-state index contributed by atoms with van der Waals surface area (Å²) in [5, 5.41) is 9.42. The minimum Gasteiger partial charge on any atom is -0.316 e. The molecule has 2 saturated heterocycles. The number of benzene rings is 1. The molecule has 3 aliphatic heterocycles. The lowest BCUT2D eigenvalue weighted by atomic mass is 9.72. The van der Waals surface area contributed by atoms with E-state index in [1.54, 1.807) is 12.1 Å². The third kappa shape index (κ3) is 3.57. The van der Waals surface area contributed by atoms with Gasteiger partial charge in [0.25, 0.3) is 11.8 Å². The Hall–Kier alpha value is -2.58. The Balaban J connectivity index is 1.35. The van der Waals surface area contributed by atoms with Gasteiger partial charge in [-0.1, -0.05) is 18.6 Å². The Morgan fingerprint density at radius 3 is 2.74 bits per heavy atom. The van der Waals surface area contributed by atoms with E-state index in [-0.39, 0.29) is 18.7 Å². The van der Waals surface area contributed by atoms with Crippen molar-refractivity contribution >= 4 is 23.6 Å². The zero-order valence-corrected chi connectivity index (χ0v) is 17.5. The fraction of sp³-hybridized carbons (Fsp3) is 0.565. The molecule has 0 spiro atoms. The van der Waals surface area contributed by atoms with Crippen molar-refractivity contribution in [1.29, 1.82) is 0 Å². The molecular weight excluding hydrogens is 396 g/mol. The van der Waals surface area contributed by atoms with Gasteiger partial charge in [0.05, 0.1) is 11.1 Å². The van der Waals surface area contributed by atoms with Gasteiger partial charge in [0.2, 0.25) is 11.8 Å². The van der Waals surface area contributed by atoms with Crippen molar-refractivity contribution in [2.75, 3.05) is 13.1 Å².